The highest BCUT2D eigenvalue weighted by molar-refractivity contribution is 5.35. The van der Waals surface area contributed by atoms with Crippen LogP contribution in [0, 0.1) is 0 Å². The molecular weight excluding hydrogens is 266 g/mol. The van der Waals surface area contributed by atoms with Crippen LogP contribution in [0.25, 0.3) is 0 Å². The molecule has 1 heterocycles. The molecule has 3 rings (SSSR count). The fraction of sp³-hybridized carbons (Fsp3) is 0.429. The second kappa shape index (κ2) is 6.66. The summed E-state index contributed by atoms with van der Waals surface area (Å²) in [6, 6.07) is 20.1. The standard InChI is InChI=1S/C21H27N/c1-3-12-21(13-14-22(2)17-21)20-11-7-10-19(16-20)15-18-8-5-4-6-9-18/h4-11,16H,3,12-15,17H2,1-2H3. The maximum absolute atomic E-state index is 2.49. The van der Waals surface area contributed by atoms with Gasteiger partial charge < -0.3 is 4.90 Å². The molecule has 1 aliphatic rings. The van der Waals surface area contributed by atoms with Gasteiger partial charge in [-0.05, 0) is 49.5 Å². The molecule has 2 aromatic rings. The highest BCUT2D eigenvalue weighted by Gasteiger charge is 2.37. The lowest BCUT2D eigenvalue weighted by atomic mass is 9.75. The number of rotatable bonds is 5. The summed E-state index contributed by atoms with van der Waals surface area (Å²) in [4.78, 5) is 2.49. The van der Waals surface area contributed by atoms with E-state index in [1.54, 1.807) is 5.56 Å². The molecule has 1 fully saturated rings. The number of hydrogen-bond acceptors (Lipinski definition) is 1. The summed E-state index contributed by atoms with van der Waals surface area (Å²) in [7, 11) is 2.26. The molecule has 22 heavy (non-hydrogen) atoms. The second-order valence-corrected chi connectivity index (χ2v) is 6.88. The van der Waals surface area contributed by atoms with Crippen LogP contribution in [0.5, 0.6) is 0 Å². The fourth-order valence-corrected chi connectivity index (χ4v) is 3.98. The molecule has 116 valence electrons. The van der Waals surface area contributed by atoms with Crippen LogP contribution in [0.4, 0.5) is 0 Å². The Kier molecular flexibility index (Phi) is 4.63. The highest BCUT2D eigenvalue weighted by Crippen LogP contribution is 2.38. The van der Waals surface area contributed by atoms with E-state index in [0.717, 1.165) is 6.42 Å². The van der Waals surface area contributed by atoms with E-state index in [1.165, 1.54) is 43.5 Å². The summed E-state index contributed by atoms with van der Waals surface area (Å²) in [6.07, 6.45) is 4.89. The second-order valence-electron chi connectivity index (χ2n) is 6.88. The van der Waals surface area contributed by atoms with Crippen molar-refractivity contribution in [3.63, 3.8) is 0 Å². The van der Waals surface area contributed by atoms with Gasteiger partial charge in [-0.2, -0.15) is 0 Å². The number of likely N-dealkylation sites (N-methyl/N-ethyl adjacent to an activating group) is 1. The van der Waals surface area contributed by atoms with Crippen molar-refractivity contribution >= 4 is 0 Å². The van der Waals surface area contributed by atoms with E-state index in [2.05, 4.69) is 73.5 Å². The zero-order valence-electron chi connectivity index (χ0n) is 13.9. The van der Waals surface area contributed by atoms with Crippen molar-refractivity contribution < 1.29 is 0 Å². The molecule has 1 unspecified atom stereocenters. The normalized spacial score (nSPS) is 22.1. The Hall–Kier alpha value is -1.60. The Morgan fingerprint density at radius 1 is 1.00 bits per heavy atom. The van der Waals surface area contributed by atoms with Crippen LogP contribution in [0.3, 0.4) is 0 Å². The molecule has 0 spiro atoms. The first-order chi connectivity index (χ1) is 10.7. The van der Waals surface area contributed by atoms with Crippen molar-refractivity contribution in [1.29, 1.82) is 0 Å². The molecule has 0 bridgehead atoms. The lowest BCUT2D eigenvalue weighted by Crippen LogP contribution is -2.29. The van der Waals surface area contributed by atoms with Crippen LogP contribution >= 0.6 is 0 Å². The molecule has 2 aromatic carbocycles. The number of hydrogen-bond donors (Lipinski definition) is 0. The maximum Gasteiger partial charge on any atom is 0.00923 e. The Morgan fingerprint density at radius 2 is 1.77 bits per heavy atom. The summed E-state index contributed by atoms with van der Waals surface area (Å²) < 4.78 is 0. The maximum atomic E-state index is 2.49. The van der Waals surface area contributed by atoms with Crippen LogP contribution in [0.1, 0.15) is 42.9 Å². The molecule has 0 radical (unpaired) electrons. The predicted molar refractivity (Wildman–Crippen MR) is 94.4 cm³/mol. The van der Waals surface area contributed by atoms with E-state index >= 15 is 0 Å². The summed E-state index contributed by atoms with van der Waals surface area (Å²) >= 11 is 0. The Bertz CT molecular complexity index is 600. The van der Waals surface area contributed by atoms with Crippen molar-refractivity contribution in [2.24, 2.45) is 0 Å². The molecule has 1 nitrogen and oxygen atoms in total. The fourth-order valence-electron chi connectivity index (χ4n) is 3.98. The minimum atomic E-state index is 0.371. The predicted octanol–water partition coefficient (Wildman–Crippen LogP) is 4.65. The van der Waals surface area contributed by atoms with E-state index in [1.807, 2.05) is 0 Å². The monoisotopic (exact) mass is 293 g/mol. The summed E-state index contributed by atoms with van der Waals surface area (Å²) in [5.41, 5.74) is 4.75. The lowest BCUT2D eigenvalue weighted by Gasteiger charge is -2.30. The zero-order chi connectivity index (χ0) is 15.4. The average Bonchev–Trinajstić information content (AvgIpc) is 2.91. The number of likely N-dealkylation sites (tertiary alicyclic amines) is 1. The van der Waals surface area contributed by atoms with Gasteiger partial charge in [0.25, 0.3) is 0 Å². The Balaban J connectivity index is 1.86. The van der Waals surface area contributed by atoms with Gasteiger partial charge in [0.1, 0.15) is 0 Å². The highest BCUT2D eigenvalue weighted by atomic mass is 15.1. The average molecular weight is 293 g/mol. The Morgan fingerprint density at radius 3 is 2.45 bits per heavy atom. The van der Waals surface area contributed by atoms with Gasteiger partial charge in [0.15, 0.2) is 0 Å². The van der Waals surface area contributed by atoms with Crippen molar-refractivity contribution in [2.75, 3.05) is 20.1 Å². The van der Waals surface area contributed by atoms with E-state index < -0.39 is 0 Å². The third kappa shape index (κ3) is 3.25. The van der Waals surface area contributed by atoms with Gasteiger partial charge in [-0.25, -0.2) is 0 Å². The van der Waals surface area contributed by atoms with Gasteiger partial charge in [0.05, 0.1) is 0 Å². The minimum absolute atomic E-state index is 0.371. The topological polar surface area (TPSA) is 3.24 Å². The third-order valence-electron chi connectivity index (χ3n) is 5.06. The van der Waals surface area contributed by atoms with Crippen LogP contribution in [-0.4, -0.2) is 25.0 Å². The van der Waals surface area contributed by atoms with Gasteiger partial charge in [-0.15, -0.1) is 0 Å². The molecule has 0 saturated carbocycles. The summed E-state index contributed by atoms with van der Waals surface area (Å²) in [6.45, 7) is 4.74. The smallest absolute Gasteiger partial charge is 0.00923 e. The molecule has 1 aliphatic heterocycles. The summed E-state index contributed by atoms with van der Waals surface area (Å²) in [5, 5.41) is 0. The molecule has 0 aromatic heterocycles. The molecule has 0 aliphatic carbocycles. The molecular formula is C21H27N. The van der Waals surface area contributed by atoms with Crippen molar-refractivity contribution in [3.05, 3.63) is 71.3 Å². The van der Waals surface area contributed by atoms with Crippen LogP contribution in [0.2, 0.25) is 0 Å². The van der Waals surface area contributed by atoms with E-state index in [9.17, 15) is 0 Å². The van der Waals surface area contributed by atoms with Crippen molar-refractivity contribution in [2.45, 2.75) is 38.0 Å². The summed E-state index contributed by atoms with van der Waals surface area (Å²) in [5.74, 6) is 0. The molecule has 0 amide bonds. The van der Waals surface area contributed by atoms with E-state index in [0.29, 0.717) is 5.41 Å². The molecule has 1 heteroatoms. The first-order valence-electron chi connectivity index (χ1n) is 8.54. The van der Waals surface area contributed by atoms with E-state index in [-0.39, 0.29) is 0 Å². The van der Waals surface area contributed by atoms with Crippen molar-refractivity contribution in [3.8, 4) is 0 Å². The van der Waals surface area contributed by atoms with E-state index in [4.69, 9.17) is 0 Å². The Labute approximate surface area is 135 Å². The first-order valence-corrected chi connectivity index (χ1v) is 8.54. The first kappa shape index (κ1) is 15.3. The number of nitrogens with zero attached hydrogens (tertiary/aromatic N) is 1. The quantitative estimate of drug-likeness (QED) is 0.775. The van der Waals surface area contributed by atoms with Gasteiger partial charge >= 0.3 is 0 Å². The molecule has 0 N–H and O–H groups in total. The third-order valence-corrected chi connectivity index (χ3v) is 5.06. The van der Waals surface area contributed by atoms with Gasteiger partial charge in [-0.1, -0.05) is 67.9 Å². The number of benzene rings is 2. The SMILES string of the molecule is CCCC1(c2cccc(Cc3ccccc3)c2)CCN(C)C1. The van der Waals surface area contributed by atoms with Gasteiger partial charge in [0, 0.05) is 12.0 Å². The van der Waals surface area contributed by atoms with Crippen LogP contribution in [0.15, 0.2) is 54.6 Å². The van der Waals surface area contributed by atoms with Crippen LogP contribution in [-0.2, 0) is 11.8 Å². The molecule has 1 atom stereocenters. The molecule has 1 saturated heterocycles. The zero-order valence-corrected chi connectivity index (χ0v) is 13.9. The van der Waals surface area contributed by atoms with Gasteiger partial charge in [0.2, 0.25) is 0 Å². The van der Waals surface area contributed by atoms with Gasteiger partial charge in [-0.3, -0.25) is 0 Å². The lowest BCUT2D eigenvalue weighted by molar-refractivity contribution is 0.351. The largest absolute Gasteiger partial charge is 0.305 e. The van der Waals surface area contributed by atoms with Crippen molar-refractivity contribution in [1.82, 2.24) is 4.90 Å². The van der Waals surface area contributed by atoms with Crippen LogP contribution < -0.4 is 0 Å². The minimum Gasteiger partial charge on any atom is -0.305 e.